The lowest BCUT2D eigenvalue weighted by Crippen LogP contribution is -2.26. The van der Waals surface area contributed by atoms with Gasteiger partial charge < -0.3 is 10.5 Å². The Hall–Kier alpha value is -0.390. The molecule has 2 atom stereocenters. The lowest BCUT2D eigenvalue weighted by atomic mass is 10.1. The smallest absolute Gasteiger partial charge is 0.107 e. The van der Waals surface area contributed by atoms with Crippen LogP contribution in [0.3, 0.4) is 0 Å². The van der Waals surface area contributed by atoms with E-state index in [4.69, 9.17) is 22.1 Å². The number of halogens is 2. The molecule has 0 bridgehead atoms. The van der Waals surface area contributed by atoms with Crippen molar-refractivity contribution in [1.82, 2.24) is 0 Å². The predicted octanol–water partition coefficient (Wildman–Crippen LogP) is 4.77. The summed E-state index contributed by atoms with van der Waals surface area (Å²) in [4.78, 5) is 1.07. The van der Waals surface area contributed by atoms with Gasteiger partial charge in [-0.05, 0) is 36.8 Å². The van der Waals surface area contributed by atoms with E-state index in [-0.39, 0.29) is 12.1 Å². The molecule has 1 heterocycles. The second-order valence-electron chi connectivity index (χ2n) is 4.36. The van der Waals surface area contributed by atoms with Gasteiger partial charge in [-0.2, -0.15) is 0 Å². The Labute approximate surface area is 130 Å². The molecule has 2 rings (SSSR count). The van der Waals surface area contributed by atoms with Gasteiger partial charge in [0.05, 0.1) is 10.9 Å². The minimum atomic E-state index is -0.124. The molecule has 0 saturated carbocycles. The number of thiophene rings is 1. The van der Waals surface area contributed by atoms with Crippen LogP contribution in [0.15, 0.2) is 40.9 Å². The molecule has 0 aliphatic carbocycles. The van der Waals surface area contributed by atoms with Gasteiger partial charge in [-0.25, -0.2) is 0 Å². The van der Waals surface area contributed by atoms with Crippen molar-refractivity contribution in [1.29, 1.82) is 0 Å². The number of rotatable bonds is 5. The Kier molecular flexibility index (Phi) is 5.42. The molecule has 0 fully saturated rings. The summed E-state index contributed by atoms with van der Waals surface area (Å²) in [6.45, 7) is 2.48. The summed E-state index contributed by atoms with van der Waals surface area (Å²) < 4.78 is 7.76. The lowest BCUT2D eigenvalue weighted by Gasteiger charge is -2.20. The van der Waals surface area contributed by atoms with Crippen LogP contribution in [0.5, 0.6) is 0 Å². The Morgan fingerprint density at radius 3 is 2.47 bits per heavy atom. The highest BCUT2D eigenvalue weighted by Crippen LogP contribution is 2.31. The zero-order valence-corrected chi connectivity index (χ0v) is 13.6. The molecule has 0 aliphatic heterocycles. The first-order valence-corrected chi connectivity index (χ1v) is 7.92. The first kappa shape index (κ1) is 15.0. The highest BCUT2D eigenvalue weighted by Gasteiger charge is 2.19. The number of hydrogen-bond donors (Lipinski definition) is 1. The minimum Gasteiger partial charge on any atom is -0.366 e. The van der Waals surface area contributed by atoms with E-state index in [1.54, 1.807) is 0 Å². The number of ether oxygens (including phenoxy) is 1. The van der Waals surface area contributed by atoms with Crippen molar-refractivity contribution in [2.45, 2.75) is 25.7 Å². The third-order valence-corrected chi connectivity index (χ3v) is 4.52. The van der Waals surface area contributed by atoms with E-state index in [1.807, 2.05) is 43.3 Å². The second-order valence-corrected chi connectivity index (χ2v) is 7.02. The Morgan fingerprint density at radius 1 is 1.26 bits per heavy atom. The summed E-state index contributed by atoms with van der Waals surface area (Å²) >= 11 is 10.9. The predicted molar refractivity (Wildman–Crippen MR) is 84.7 cm³/mol. The maximum Gasteiger partial charge on any atom is 0.107 e. The van der Waals surface area contributed by atoms with Crippen LogP contribution in [0.1, 0.15) is 23.5 Å². The summed E-state index contributed by atoms with van der Waals surface area (Å²) in [5, 5.41) is 0. The summed E-state index contributed by atoms with van der Waals surface area (Å²) in [5.74, 6) is 0. The molecule has 102 valence electrons. The van der Waals surface area contributed by atoms with Crippen LogP contribution in [-0.4, -0.2) is 6.04 Å². The maximum atomic E-state index is 6.00. The molecule has 0 spiro atoms. The molecule has 2 N–H and O–H groups in total. The zero-order valence-electron chi connectivity index (χ0n) is 10.5. The fourth-order valence-corrected chi connectivity index (χ4v) is 3.23. The van der Waals surface area contributed by atoms with Crippen molar-refractivity contribution in [3.63, 3.8) is 0 Å². The van der Waals surface area contributed by atoms with Gasteiger partial charge in [-0.15, -0.1) is 11.3 Å². The molecule has 19 heavy (non-hydrogen) atoms. The largest absolute Gasteiger partial charge is 0.366 e. The first-order valence-electron chi connectivity index (χ1n) is 5.93. The Morgan fingerprint density at radius 2 is 1.95 bits per heavy atom. The Balaban J connectivity index is 2.03. The van der Waals surface area contributed by atoms with Gasteiger partial charge in [0.2, 0.25) is 0 Å². The molecule has 2 unspecified atom stereocenters. The normalized spacial score (nSPS) is 14.3. The summed E-state index contributed by atoms with van der Waals surface area (Å²) in [7, 11) is 0. The van der Waals surface area contributed by atoms with Crippen LogP contribution in [0, 0.1) is 0 Å². The van der Waals surface area contributed by atoms with Crippen molar-refractivity contribution in [3.05, 3.63) is 55.6 Å². The topological polar surface area (TPSA) is 35.2 Å². The average molecular weight is 361 g/mol. The average Bonchev–Trinajstić information content (AvgIpc) is 2.78. The summed E-state index contributed by atoms with van der Waals surface area (Å²) in [5.41, 5.74) is 7.12. The van der Waals surface area contributed by atoms with E-state index < -0.39 is 0 Å². The summed E-state index contributed by atoms with van der Waals surface area (Å²) in [6.07, 6.45) is -0.124. The van der Waals surface area contributed by atoms with Crippen molar-refractivity contribution in [3.8, 4) is 0 Å². The Bertz CT molecular complexity index is 526. The van der Waals surface area contributed by atoms with E-state index in [0.717, 1.165) is 19.2 Å². The zero-order chi connectivity index (χ0) is 13.8. The molecule has 0 aliphatic rings. The van der Waals surface area contributed by atoms with E-state index in [2.05, 4.69) is 15.9 Å². The molecular weight excluding hydrogens is 346 g/mol. The molecule has 5 heteroatoms. The fourth-order valence-electron chi connectivity index (χ4n) is 1.74. The van der Waals surface area contributed by atoms with E-state index in [9.17, 15) is 0 Å². The SMILES string of the molecule is CC(N)C(OCc1ccc(Br)cc1)c1ccc(Cl)s1. The highest BCUT2D eigenvalue weighted by molar-refractivity contribution is 9.10. The molecule has 0 saturated heterocycles. The van der Waals surface area contributed by atoms with Crippen molar-refractivity contribution in [2.24, 2.45) is 5.73 Å². The molecule has 0 radical (unpaired) electrons. The van der Waals surface area contributed by atoms with E-state index in [1.165, 1.54) is 11.3 Å². The van der Waals surface area contributed by atoms with Crippen LogP contribution < -0.4 is 5.73 Å². The van der Waals surface area contributed by atoms with Crippen LogP contribution in [0.25, 0.3) is 0 Å². The van der Waals surface area contributed by atoms with Crippen LogP contribution in [0.2, 0.25) is 4.34 Å². The van der Waals surface area contributed by atoms with E-state index in [0.29, 0.717) is 6.61 Å². The second kappa shape index (κ2) is 6.86. The fraction of sp³-hybridized carbons (Fsp3) is 0.286. The summed E-state index contributed by atoms with van der Waals surface area (Å²) in [6, 6.07) is 11.8. The highest BCUT2D eigenvalue weighted by atomic mass is 79.9. The first-order chi connectivity index (χ1) is 9.06. The van der Waals surface area contributed by atoms with Crippen LogP contribution >= 0.6 is 38.9 Å². The van der Waals surface area contributed by atoms with Gasteiger partial charge >= 0.3 is 0 Å². The van der Waals surface area contributed by atoms with Gasteiger partial charge in [0.25, 0.3) is 0 Å². The number of nitrogens with two attached hydrogens (primary N) is 1. The maximum absolute atomic E-state index is 6.00. The van der Waals surface area contributed by atoms with Gasteiger partial charge in [-0.3, -0.25) is 0 Å². The van der Waals surface area contributed by atoms with Crippen LogP contribution in [-0.2, 0) is 11.3 Å². The van der Waals surface area contributed by atoms with Crippen LogP contribution in [0.4, 0.5) is 0 Å². The molecule has 2 nitrogen and oxygen atoms in total. The quantitative estimate of drug-likeness (QED) is 0.833. The molecule has 0 amide bonds. The molecule has 1 aromatic heterocycles. The third kappa shape index (κ3) is 4.29. The standard InChI is InChI=1S/C14H15BrClNOS/c1-9(17)14(12-6-7-13(16)19-12)18-8-10-2-4-11(15)5-3-10/h2-7,9,14H,8,17H2,1H3. The third-order valence-electron chi connectivity index (χ3n) is 2.69. The van der Waals surface area contributed by atoms with Gasteiger partial charge in [0.1, 0.15) is 6.10 Å². The minimum absolute atomic E-state index is 0.0786. The monoisotopic (exact) mass is 359 g/mol. The van der Waals surface area contributed by atoms with Crippen molar-refractivity contribution >= 4 is 38.9 Å². The van der Waals surface area contributed by atoms with Gasteiger partial charge in [0.15, 0.2) is 0 Å². The van der Waals surface area contributed by atoms with Gasteiger partial charge in [0, 0.05) is 15.4 Å². The van der Waals surface area contributed by atoms with E-state index >= 15 is 0 Å². The molecule has 1 aromatic carbocycles. The number of benzene rings is 1. The number of hydrogen-bond acceptors (Lipinski definition) is 3. The molecular formula is C14H15BrClNOS. The van der Waals surface area contributed by atoms with Gasteiger partial charge in [-0.1, -0.05) is 39.7 Å². The lowest BCUT2D eigenvalue weighted by molar-refractivity contribution is 0.0282. The molecule has 2 aromatic rings. The van der Waals surface area contributed by atoms with Crippen molar-refractivity contribution in [2.75, 3.05) is 0 Å². The van der Waals surface area contributed by atoms with Crippen molar-refractivity contribution < 1.29 is 4.74 Å².